The van der Waals surface area contributed by atoms with E-state index in [1.807, 2.05) is 12.1 Å². The van der Waals surface area contributed by atoms with Crippen LogP contribution in [0.1, 0.15) is 11.1 Å². The van der Waals surface area contributed by atoms with Crippen LogP contribution in [-0.2, 0) is 12.5 Å². The van der Waals surface area contributed by atoms with Crippen LogP contribution in [0.3, 0.4) is 0 Å². The van der Waals surface area contributed by atoms with Crippen LogP contribution in [0.15, 0.2) is 40.9 Å². The summed E-state index contributed by atoms with van der Waals surface area (Å²) < 4.78 is 32.6. The average Bonchev–Trinajstić information content (AvgIpc) is 2.39. The van der Waals surface area contributed by atoms with Gasteiger partial charge in [0.05, 0.1) is 5.88 Å². The Morgan fingerprint density at radius 2 is 1.84 bits per heavy atom. The number of benzene rings is 2. The predicted octanol–water partition coefficient (Wildman–Crippen LogP) is 5.05. The number of hydrogen-bond acceptors (Lipinski definition) is 1. The van der Waals surface area contributed by atoms with Gasteiger partial charge in [-0.25, -0.2) is 8.78 Å². The van der Waals surface area contributed by atoms with Crippen LogP contribution in [0.25, 0.3) is 0 Å². The Balaban J connectivity index is 2.14. The minimum absolute atomic E-state index is 0.0254. The number of halogens is 4. The summed E-state index contributed by atoms with van der Waals surface area (Å²) in [5, 5.41) is 0. The quantitative estimate of drug-likeness (QED) is 0.704. The van der Waals surface area contributed by atoms with Crippen molar-refractivity contribution >= 4 is 27.5 Å². The molecule has 0 fully saturated rings. The molecule has 0 heterocycles. The van der Waals surface area contributed by atoms with Gasteiger partial charge in [-0.1, -0.05) is 15.9 Å². The van der Waals surface area contributed by atoms with Crippen LogP contribution < -0.4 is 4.74 Å². The van der Waals surface area contributed by atoms with E-state index in [1.165, 1.54) is 12.1 Å². The SMILES string of the molecule is Fc1ccc(COc2ccc(Br)cc2CCl)c(F)c1. The predicted molar refractivity (Wildman–Crippen MR) is 74.4 cm³/mol. The van der Waals surface area contributed by atoms with E-state index < -0.39 is 11.6 Å². The minimum Gasteiger partial charge on any atom is -0.488 e. The number of alkyl halides is 1. The monoisotopic (exact) mass is 346 g/mol. The maximum Gasteiger partial charge on any atom is 0.132 e. The van der Waals surface area contributed by atoms with Crippen LogP contribution >= 0.6 is 27.5 Å². The fourth-order valence-electron chi connectivity index (χ4n) is 1.59. The average molecular weight is 348 g/mol. The maximum atomic E-state index is 13.4. The molecule has 0 atom stereocenters. The number of rotatable bonds is 4. The molecule has 1 nitrogen and oxygen atoms in total. The smallest absolute Gasteiger partial charge is 0.132 e. The van der Waals surface area contributed by atoms with Crippen molar-refractivity contribution in [3.05, 3.63) is 63.6 Å². The summed E-state index contributed by atoms with van der Waals surface area (Å²) in [5.41, 5.74) is 1.10. The molecule has 0 aliphatic rings. The van der Waals surface area contributed by atoms with Gasteiger partial charge in [0, 0.05) is 21.7 Å². The highest BCUT2D eigenvalue weighted by molar-refractivity contribution is 9.10. The van der Waals surface area contributed by atoms with E-state index in [2.05, 4.69) is 15.9 Å². The Kier molecular flexibility index (Phi) is 4.77. The van der Waals surface area contributed by atoms with Crippen LogP contribution in [-0.4, -0.2) is 0 Å². The summed E-state index contributed by atoms with van der Waals surface area (Å²) in [7, 11) is 0. The third-order valence-electron chi connectivity index (χ3n) is 2.56. The molecular weight excluding hydrogens is 338 g/mol. The molecule has 100 valence electrons. The van der Waals surface area contributed by atoms with Gasteiger partial charge >= 0.3 is 0 Å². The summed E-state index contributed by atoms with van der Waals surface area (Å²) in [4.78, 5) is 0. The molecule has 0 bridgehead atoms. The van der Waals surface area contributed by atoms with Gasteiger partial charge in [0.15, 0.2) is 0 Å². The highest BCUT2D eigenvalue weighted by Crippen LogP contribution is 2.25. The van der Waals surface area contributed by atoms with Crippen molar-refractivity contribution in [2.75, 3.05) is 0 Å². The molecule has 0 saturated heterocycles. The molecule has 0 aromatic heterocycles. The number of hydrogen-bond donors (Lipinski definition) is 0. The van der Waals surface area contributed by atoms with Crippen molar-refractivity contribution in [3.63, 3.8) is 0 Å². The highest BCUT2D eigenvalue weighted by atomic mass is 79.9. The first-order valence-corrected chi connectivity index (χ1v) is 6.84. The maximum absolute atomic E-state index is 13.4. The summed E-state index contributed by atoms with van der Waals surface area (Å²) in [5.74, 6) is -0.349. The van der Waals surface area contributed by atoms with Gasteiger partial charge in [0.25, 0.3) is 0 Å². The van der Waals surface area contributed by atoms with E-state index in [4.69, 9.17) is 16.3 Å². The standard InChI is InChI=1S/C14H10BrClF2O/c15-11-2-4-14(10(5-11)7-16)19-8-9-1-3-12(17)6-13(9)18/h1-6H,7-8H2. The summed E-state index contributed by atoms with van der Waals surface area (Å²) in [6.07, 6.45) is 0. The first-order valence-electron chi connectivity index (χ1n) is 5.51. The topological polar surface area (TPSA) is 9.23 Å². The normalized spacial score (nSPS) is 10.5. The van der Waals surface area contributed by atoms with Gasteiger partial charge in [-0.15, -0.1) is 11.6 Å². The zero-order valence-corrected chi connectivity index (χ0v) is 12.1. The fraction of sp³-hybridized carbons (Fsp3) is 0.143. The molecule has 0 amide bonds. The van der Waals surface area contributed by atoms with Gasteiger partial charge < -0.3 is 4.74 Å². The zero-order chi connectivity index (χ0) is 13.8. The second-order valence-electron chi connectivity index (χ2n) is 3.91. The zero-order valence-electron chi connectivity index (χ0n) is 9.80. The van der Waals surface area contributed by atoms with Crippen molar-refractivity contribution in [1.82, 2.24) is 0 Å². The van der Waals surface area contributed by atoms with Crippen molar-refractivity contribution in [2.45, 2.75) is 12.5 Å². The molecule has 2 aromatic rings. The van der Waals surface area contributed by atoms with Crippen molar-refractivity contribution < 1.29 is 13.5 Å². The largest absolute Gasteiger partial charge is 0.488 e. The van der Waals surface area contributed by atoms with E-state index in [-0.39, 0.29) is 6.61 Å². The van der Waals surface area contributed by atoms with Crippen LogP contribution in [0.2, 0.25) is 0 Å². The van der Waals surface area contributed by atoms with E-state index >= 15 is 0 Å². The summed E-state index contributed by atoms with van der Waals surface area (Å²) >= 11 is 9.15. The molecular formula is C14H10BrClF2O. The summed E-state index contributed by atoms with van der Waals surface area (Å²) in [6.45, 7) is 0.0254. The van der Waals surface area contributed by atoms with Crippen LogP contribution in [0.5, 0.6) is 5.75 Å². The Labute approximate surface area is 123 Å². The molecule has 0 radical (unpaired) electrons. The number of ether oxygens (including phenoxy) is 1. The molecule has 0 unspecified atom stereocenters. The van der Waals surface area contributed by atoms with Crippen LogP contribution in [0, 0.1) is 11.6 Å². The Morgan fingerprint density at radius 3 is 2.53 bits per heavy atom. The lowest BCUT2D eigenvalue weighted by Crippen LogP contribution is -2.00. The first kappa shape index (κ1) is 14.3. The lowest BCUT2D eigenvalue weighted by atomic mass is 10.2. The second-order valence-corrected chi connectivity index (χ2v) is 5.09. The minimum atomic E-state index is -0.621. The van der Waals surface area contributed by atoms with Gasteiger partial charge in [0.2, 0.25) is 0 Å². The van der Waals surface area contributed by atoms with Crippen molar-refractivity contribution in [2.24, 2.45) is 0 Å². The van der Waals surface area contributed by atoms with Gasteiger partial charge in [-0.3, -0.25) is 0 Å². The molecule has 0 spiro atoms. The third kappa shape index (κ3) is 3.67. The molecule has 0 aliphatic carbocycles. The van der Waals surface area contributed by atoms with Crippen LogP contribution in [0.4, 0.5) is 8.78 Å². The molecule has 19 heavy (non-hydrogen) atoms. The van der Waals surface area contributed by atoms with E-state index in [9.17, 15) is 8.78 Å². The Hall–Kier alpha value is -1.13. The molecule has 0 N–H and O–H groups in total. The second kappa shape index (κ2) is 6.35. The molecule has 0 aliphatic heterocycles. The fourth-order valence-corrected chi connectivity index (χ4v) is 2.20. The van der Waals surface area contributed by atoms with E-state index in [0.29, 0.717) is 17.2 Å². The van der Waals surface area contributed by atoms with Crippen molar-refractivity contribution in [3.8, 4) is 5.75 Å². The van der Waals surface area contributed by atoms with Gasteiger partial charge in [-0.2, -0.15) is 0 Å². The molecule has 5 heteroatoms. The first-order chi connectivity index (χ1) is 9.10. The summed E-state index contributed by atoms with van der Waals surface area (Å²) in [6, 6.07) is 8.80. The third-order valence-corrected chi connectivity index (χ3v) is 3.35. The Morgan fingerprint density at radius 1 is 1.05 bits per heavy atom. The highest BCUT2D eigenvalue weighted by Gasteiger charge is 2.07. The lowest BCUT2D eigenvalue weighted by Gasteiger charge is -2.11. The van der Waals surface area contributed by atoms with Gasteiger partial charge in [0.1, 0.15) is 24.0 Å². The Bertz CT molecular complexity index is 590. The molecule has 2 aromatic carbocycles. The lowest BCUT2D eigenvalue weighted by molar-refractivity contribution is 0.297. The van der Waals surface area contributed by atoms with E-state index in [0.717, 1.165) is 16.1 Å². The molecule has 2 rings (SSSR count). The van der Waals surface area contributed by atoms with Crippen molar-refractivity contribution in [1.29, 1.82) is 0 Å². The molecule has 0 saturated carbocycles. The van der Waals surface area contributed by atoms with E-state index in [1.54, 1.807) is 6.07 Å². The van der Waals surface area contributed by atoms with Gasteiger partial charge in [-0.05, 0) is 30.3 Å².